The predicted octanol–water partition coefficient (Wildman–Crippen LogP) is 3.51. The maximum atomic E-state index is 13.8. The van der Waals surface area contributed by atoms with Gasteiger partial charge in [0.05, 0.1) is 11.8 Å². The summed E-state index contributed by atoms with van der Waals surface area (Å²) in [5, 5.41) is 9.37. The Morgan fingerprint density at radius 3 is 2.59 bits per heavy atom. The lowest BCUT2D eigenvalue weighted by Crippen LogP contribution is -2.19. The van der Waals surface area contributed by atoms with Crippen LogP contribution in [0.4, 0.5) is 10.1 Å². The van der Waals surface area contributed by atoms with Crippen LogP contribution < -0.4 is 4.90 Å². The molecule has 1 atom stereocenters. The fraction of sp³-hybridized carbons (Fsp3) is 0.571. The molecular formula is C14H22FNO. The first-order valence-electron chi connectivity index (χ1n) is 6.25. The van der Waals surface area contributed by atoms with Gasteiger partial charge in [0.2, 0.25) is 0 Å². The largest absolute Gasteiger partial charge is 0.389 e. The van der Waals surface area contributed by atoms with Gasteiger partial charge >= 0.3 is 0 Å². The second-order valence-electron chi connectivity index (χ2n) is 4.52. The van der Waals surface area contributed by atoms with Gasteiger partial charge in [0, 0.05) is 13.6 Å². The first-order valence-corrected chi connectivity index (χ1v) is 6.25. The number of benzene rings is 1. The topological polar surface area (TPSA) is 23.5 Å². The Labute approximate surface area is 103 Å². The number of hydrogen-bond acceptors (Lipinski definition) is 2. The predicted molar refractivity (Wildman–Crippen MR) is 69.8 cm³/mol. The summed E-state index contributed by atoms with van der Waals surface area (Å²) in [6, 6.07) is 4.93. The van der Waals surface area contributed by atoms with Crippen molar-refractivity contribution in [2.24, 2.45) is 0 Å². The average molecular weight is 239 g/mol. The lowest BCUT2D eigenvalue weighted by Gasteiger charge is -2.20. The third-order valence-electron chi connectivity index (χ3n) is 2.96. The van der Waals surface area contributed by atoms with Gasteiger partial charge in [-0.05, 0) is 31.0 Å². The van der Waals surface area contributed by atoms with Crippen molar-refractivity contribution < 1.29 is 9.50 Å². The van der Waals surface area contributed by atoms with Crippen LogP contribution in [0.25, 0.3) is 0 Å². The van der Waals surface area contributed by atoms with Crippen molar-refractivity contribution in [1.82, 2.24) is 0 Å². The van der Waals surface area contributed by atoms with Crippen LogP contribution >= 0.6 is 0 Å². The van der Waals surface area contributed by atoms with E-state index in [1.165, 1.54) is 6.07 Å². The van der Waals surface area contributed by atoms with Gasteiger partial charge in [-0.1, -0.05) is 25.8 Å². The number of aliphatic hydroxyl groups is 1. The quantitative estimate of drug-likeness (QED) is 0.768. The molecule has 3 heteroatoms. The molecule has 1 aromatic carbocycles. The van der Waals surface area contributed by atoms with Crippen molar-refractivity contribution in [2.45, 2.75) is 39.2 Å². The average Bonchev–Trinajstić information content (AvgIpc) is 2.28. The van der Waals surface area contributed by atoms with Gasteiger partial charge in [-0.2, -0.15) is 0 Å². The molecule has 0 aliphatic rings. The number of hydrogen-bond donors (Lipinski definition) is 1. The zero-order valence-electron chi connectivity index (χ0n) is 10.9. The number of rotatable bonds is 6. The Morgan fingerprint density at radius 2 is 2.06 bits per heavy atom. The van der Waals surface area contributed by atoms with Crippen LogP contribution in [0.15, 0.2) is 18.2 Å². The Morgan fingerprint density at radius 1 is 1.35 bits per heavy atom. The van der Waals surface area contributed by atoms with Crippen LogP contribution in [0.5, 0.6) is 0 Å². The van der Waals surface area contributed by atoms with Gasteiger partial charge in [-0.25, -0.2) is 4.39 Å². The molecule has 0 fully saturated rings. The molecular weight excluding hydrogens is 217 g/mol. The summed E-state index contributed by atoms with van der Waals surface area (Å²) in [7, 11) is 1.90. The summed E-state index contributed by atoms with van der Waals surface area (Å²) in [6.07, 6.45) is 2.78. The first kappa shape index (κ1) is 14.0. The Bertz CT molecular complexity index is 352. The molecule has 1 rings (SSSR count). The van der Waals surface area contributed by atoms with Crippen molar-refractivity contribution in [2.75, 3.05) is 18.5 Å². The molecule has 0 aliphatic heterocycles. The molecule has 17 heavy (non-hydrogen) atoms. The Hall–Kier alpha value is -1.09. The maximum absolute atomic E-state index is 13.8. The monoisotopic (exact) mass is 239 g/mol. The zero-order chi connectivity index (χ0) is 12.8. The molecule has 1 N–H and O–H groups in total. The summed E-state index contributed by atoms with van der Waals surface area (Å²) in [5.41, 5.74) is 1.22. The van der Waals surface area contributed by atoms with Crippen LogP contribution in [0.1, 0.15) is 44.8 Å². The van der Waals surface area contributed by atoms with Crippen LogP contribution in [0.2, 0.25) is 0 Å². The molecule has 0 heterocycles. The van der Waals surface area contributed by atoms with Crippen molar-refractivity contribution in [1.29, 1.82) is 0 Å². The highest BCUT2D eigenvalue weighted by atomic mass is 19.1. The van der Waals surface area contributed by atoms with E-state index in [0.29, 0.717) is 11.3 Å². The lowest BCUT2D eigenvalue weighted by atomic mass is 10.1. The number of unbranched alkanes of at least 4 members (excludes halogenated alkanes) is 2. The lowest BCUT2D eigenvalue weighted by molar-refractivity contribution is 0.199. The number of anilines is 1. The van der Waals surface area contributed by atoms with Crippen LogP contribution in [-0.2, 0) is 0 Å². The standard InChI is InChI=1S/C14H22FNO/c1-4-5-6-9-16(3)14-8-7-12(11(2)17)10-13(14)15/h7-8,10-11,17H,4-6,9H2,1-3H3/t11-/m1/s1. The number of halogens is 1. The van der Waals surface area contributed by atoms with Gasteiger partial charge in [0.15, 0.2) is 0 Å². The normalized spacial score (nSPS) is 12.5. The van der Waals surface area contributed by atoms with E-state index in [2.05, 4.69) is 6.92 Å². The number of aliphatic hydroxyl groups excluding tert-OH is 1. The summed E-state index contributed by atoms with van der Waals surface area (Å²) >= 11 is 0. The molecule has 0 saturated carbocycles. The molecule has 0 spiro atoms. The van der Waals surface area contributed by atoms with Crippen LogP contribution in [0, 0.1) is 5.82 Å². The molecule has 0 amide bonds. The van der Waals surface area contributed by atoms with Gasteiger partial charge in [0.25, 0.3) is 0 Å². The minimum absolute atomic E-state index is 0.262. The van der Waals surface area contributed by atoms with Crippen molar-refractivity contribution >= 4 is 5.69 Å². The summed E-state index contributed by atoms with van der Waals surface area (Å²) in [5.74, 6) is -0.262. The van der Waals surface area contributed by atoms with E-state index in [4.69, 9.17) is 0 Å². The fourth-order valence-electron chi connectivity index (χ4n) is 1.81. The minimum atomic E-state index is -0.621. The van der Waals surface area contributed by atoms with Gasteiger partial charge in [-0.15, -0.1) is 0 Å². The molecule has 0 bridgehead atoms. The second-order valence-corrected chi connectivity index (χ2v) is 4.52. The highest BCUT2D eigenvalue weighted by Crippen LogP contribution is 2.22. The molecule has 0 radical (unpaired) electrons. The third-order valence-corrected chi connectivity index (χ3v) is 2.96. The van der Waals surface area contributed by atoms with E-state index >= 15 is 0 Å². The van der Waals surface area contributed by atoms with E-state index in [9.17, 15) is 9.50 Å². The third kappa shape index (κ3) is 4.00. The molecule has 2 nitrogen and oxygen atoms in total. The molecule has 0 saturated heterocycles. The highest BCUT2D eigenvalue weighted by Gasteiger charge is 2.10. The van der Waals surface area contributed by atoms with Crippen molar-refractivity contribution in [3.05, 3.63) is 29.6 Å². The Balaban J connectivity index is 2.70. The van der Waals surface area contributed by atoms with Crippen molar-refractivity contribution in [3.8, 4) is 0 Å². The SMILES string of the molecule is CCCCCN(C)c1ccc([C@@H](C)O)cc1F. The molecule has 0 unspecified atom stereocenters. The number of nitrogens with zero attached hydrogens (tertiary/aromatic N) is 1. The van der Waals surface area contributed by atoms with Crippen molar-refractivity contribution in [3.63, 3.8) is 0 Å². The molecule has 0 aliphatic carbocycles. The first-order chi connectivity index (χ1) is 8.06. The van der Waals surface area contributed by atoms with E-state index in [1.54, 1.807) is 19.1 Å². The van der Waals surface area contributed by atoms with Gasteiger partial charge in [0.1, 0.15) is 5.82 Å². The van der Waals surface area contributed by atoms with E-state index in [1.807, 2.05) is 11.9 Å². The fourth-order valence-corrected chi connectivity index (χ4v) is 1.81. The molecule has 0 aromatic heterocycles. The molecule has 96 valence electrons. The summed E-state index contributed by atoms with van der Waals surface area (Å²) in [4.78, 5) is 1.93. The zero-order valence-corrected chi connectivity index (χ0v) is 10.9. The summed E-state index contributed by atoms with van der Waals surface area (Å²) < 4.78 is 13.8. The smallest absolute Gasteiger partial charge is 0.146 e. The Kier molecular flexibility index (Phi) is 5.42. The van der Waals surface area contributed by atoms with E-state index in [-0.39, 0.29) is 5.82 Å². The van der Waals surface area contributed by atoms with E-state index < -0.39 is 6.10 Å². The maximum Gasteiger partial charge on any atom is 0.146 e. The van der Waals surface area contributed by atoms with Gasteiger partial charge in [-0.3, -0.25) is 0 Å². The second kappa shape index (κ2) is 6.60. The van der Waals surface area contributed by atoms with Gasteiger partial charge < -0.3 is 10.0 Å². The van der Waals surface area contributed by atoms with Crippen LogP contribution in [-0.4, -0.2) is 18.7 Å². The minimum Gasteiger partial charge on any atom is -0.389 e. The highest BCUT2D eigenvalue weighted by molar-refractivity contribution is 5.48. The molecule has 1 aromatic rings. The summed E-state index contributed by atoms with van der Waals surface area (Å²) in [6.45, 7) is 4.65. The van der Waals surface area contributed by atoms with E-state index in [0.717, 1.165) is 25.8 Å². The van der Waals surface area contributed by atoms with Crippen LogP contribution in [0.3, 0.4) is 0 Å².